The van der Waals surface area contributed by atoms with Crippen molar-refractivity contribution in [1.29, 1.82) is 0 Å². The summed E-state index contributed by atoms with van der Waals surface area (Å²) in [4.78, 5) is 10.2. The van der Waals surface area contributed by atoms with Gasteiger partial charge in [0.05, 0.1) is 4.92 Å². The molecule has 86 valence electrons. The Morgan fingerprint density at radius 1 is 1.12 bits per heavy atom. The fourth-order valence-corrected chi connectivity index (χ4v) is 2.02. The summed E-state index contributed by atoms with van der Waals surface area (Å²) in [6.07, 6.45) is 1.21. The largest absolute Gasteiger partial charge is 0.618 e. The molecule has 0 aliphatic heterocycles. The summed E-state index contributed by atoms with van der Waals surface area (Å²) in [5, 5.41) is 24.0. The lowest BCUT2D eigenvalue weighted by atomic mass is 10.3. The quantitative estimate of drug-likeness (QED) is 0.276. The van der Waals surface area contributed by atoms with E-state index in [2.05, 4.69) is 0 Å². The Hall–Kier alpha value is -2.21. The van der Waals surface area contributed by atoms with Crippen molar-refractivity contribution in [2.24, 2.45) is 0 Å². The molecule has 0 saturated carbocycles. The molecular formula is C11H8N2O3S. The molecule has 17 heavy (non-hydrogen) atoms. The van der Waals surface area contributed by atoms with Crippen LogP contribution in [0, 0.1) is 15.3 Å². The molecule has 0 amide bonds. The van der Waals surface area contributed by atoms with Gasteiger partial charge in [0, 0.05) is 12.1 Å². The Morgan fingerprint density at radius 3 is 2.47 bits per heavy atom. The van der Waals surface area contributed by atoms with E-state index in [0.29, 0.717) is 16.0 Å². The van der Waals surface area contributed by atoms with Crippen LogP contribution in [0.1, 0.15) is 5.56 Å². The van der Waals surface area contributed by atoms with Gasteiger partial charge in [-0.05, 0) is 11.4 Å². The van der Waals surface area contributed by atoms with Gasteiger partial charge in [0.2, 0.25) is 5.69 Å². The molecule has 0 N–H and O–H groups in total. The third kappa shape index (κ3) is 2.48. The standard InChI is InChI=1S/C11H8N2O3S/c14-12(10-4-2-1-3-5-10)8-9-6-7-17-11(9)13(15)16/h1-8H. The fraction of sp³-hybridized carbons (Fsp3) is 0. The summed E-state index contributed by atoms with van der Waals surface area (Å²) in [6.45, 7) is 0. The second-order valence-corrected chi connectivity index (χ2v) is 4.12. The van der Waals surface area contributed by atoms with Crippen molar-refractivity contribution in [3.8, 4) is 0 Å². The van der Waals surface area contributed by atoms with Gasteiger partial charge in [-0.25, -0.2) is 0 Å². The third-order valence-corrected chi connectivity index (χ3v) is 2.99. The number of hydrogen-bond donors (Lipinski definition) is 0. The molecule has 0 fully saturated rings. The molecule has 0 unspecified atom stereocenters. The summed E-state index contributed by atoms with van der Waals surface area (Å²) in [6, 6.07) is 10.1. The lowest BCUT2D eigenvalue weighted by molar-refractivity contribution is -0.381. The second-order valence-electron chi connectivity index (χ2n) is 3.23. The highest BCUT2D eigenvalue weighted by Gasteiger charge is 2.16. The molecule has 0 radical (unpaired) electrons. The molecule has 0 bridgehead atoms. The lowest BCUT2D eigenvalue weighted by Gasteiger charge is -2.00. The third-order valence-electron chi connectivity index (χ3n) is 2.11. The van der Waals surface area contributed by atoms with Gasteiger partial charge < -0.3 is 5.21 Å². The number of hydrogen-bond acceptors (Lipinski definition) is 4. The summed E-state index contributed by atoms with van der Waals surface area (Å²) < 4.78 is 0.620. The summed E-state index contributed by atoms with van der Waals surface area (Å²) in [5.41, 5.74) is 0.756. The Labute approximate surface area is 101 Å². The van der Waals surface area contributed by atoms with Crippen LogP contribution in [0.15, 0.2) is 41.8 Å². The molecule has 2 aromatic rings. The fourth-order valence-electron chi connectivity index (χ4n) is 1.33. The van der Waals surface area contributed by atoms with Crippen molar-refractivity contribution < 1.29 is 9.66 Å². The summed E-state index contributed by atoms with van der Waals surface area (Å²) >= 11 is 0.999. The maximum absolute atomic E-state index is 11.7. The normalized spacial score (nSPS) is 11.4. The minimum Gasteiger partial charge on any atom is -0.618 e. The van der Waals surface area contributed by atoms with Crippen molar-refractivity contribution in [2.45, 2.75) is 0 Å². The first-order chi connectivity index (χ1) is 8.18. The number of nitro groups is 1. The SMILES string of the molecule is O=[N+]([O-])c1sccc1C=[N+]([O-])c1ccccc1. The zero-order chi connectivity index (χ0) is 12.3. The topological polar surface area (TPSA) is 69.2 Å². The first-order valence-corrected chi connectivity index (χ1v) is 5.64. The number of para-hydroxylation sites is 1. The average molecular weight is 248 g/mol. The van der Waals surface area contributed by atoms with Crippen LogP contribution >= 0.6 is 11.3 Å². The first-order valence-electron chi connectivity index (χ1n) is 4.76. The Morgan fingerprint density at radius 2 is 1.82 bits per heavy atom. The number of nitrogens with zero attached hydrogens (tertiary/aromatic N) is 2. The highest BCUT2D eigenvalue weighted by Crippen LogP contribution is 2.24. The van der Waals surface area contributed by atoms with E-state index in [-0.39, 0.29) is 5.00 Å². The number of thiophene rings is 1. The van der Waals surface area contributed by atoms with Crippen LogP contribution in [0.3, 0.4) is 0 Å². The average Bonchev–Trinajstić information content (AvgIpc) is 2.78. The molecule has 1 aromatic carbocycles. The van der Waals surface area contributed by atoms with Gasteiger partial charge in [0.25, 0.3) is 0 Å². The van der Waals surface area contributed by atoms with Gasteiger partial charge in [0.1, 0.15) is 5.56 Å². The van der Waals surface area contributed by atoms with E-state index in [1.165, 1.54) is 6.21 Å². The van der Waals surface area contributed by atoms with Gasteiger partial charge in [-0.3, -0.25) is 10.1 Å². The summed E-state index contributed by atoms with van der Waals surface area (Å²) in [5.74, 6) is 0. The van der Waals surface area contributed by atoms with Gasteiger partial charge in [0.15, 0.2) is 6.21 Å². The lowest BCUT2D eigenvalue weighted by Crippen LogP contribution is -1.99. The maximum Gasteiger partial charge on any atom is 0.337 e. The van der Waals surface area contributed by atoms with Gasteiger partial charge in [-0.15, -0.1) is 0 Å². The van der Waals surface area contributed by atoms with Crippen LogP contribution in [-0.4, -0.2) is 15.9 Å². The van der Waals surface area contributed by atoms with E-state index in [4.69, 9.17) is 0 Å². The van der Waals surface area contributed by atoms with Crippen molar-refractivity contribution in [2.75, 3.05) is 0 Å². The smallest absolute Gasteiger partial charge is 0.337 e. The highest BCUT2D eigenvalue weighted by atomic mass is 32.1. The van der Waals surface area contributed by atoms with E-state index < -0.39 is 4.92 Å². The molecule has 6 heteroatoms. The highest BCUT2D eigenvalue weighted by molar-refractivity contribution is 7.13. The molecule has 0 aliphatic carbocycles. The predicted octanol–water partition coefficient (Wildman–Crippen LogP) is 2.92. The monoisotopic (exact) mass is 248 g/mol. The van der Waals surface area contributed by atoms with Crippen LogP contribution < -0.4 is 0 Å². The molecular weight excluding hydrogens is 240 g/mol. The molecule has 0 atom stereocenters. The molecule has 1 heterocycles. The molecule has 2 rings (SSSR count). The number of benzene rings is 1. The zero-order valence-corrected chi connectivity index (χ0v) is 9.46. The zero-order valence-electron chi connectivity index (χ0n) is 8.65. The predicted molar refractivity (Wildman–Crippen MR) is 65.9 cm³/mol. The van der Waals surface area contributed by atoms with E-state index in [0.717, 1.165) is 11.3 Å². The van der Waals surface area contributed by atoms with Crippen LogP contribution in [0.5, 0.6) is 0 Å². The van der Waals surface area contributed by atoms with Crippen molar-refractivity contribution in [3.05, 3.63) is 62.7 Å². The van der Waals surface area contributed by atoms with Crippen LogP contribution in [0.4, 0.5) is 10.7 Å². The minimum atomic E-state index is -0.491. The van der Waals surface area contributed by atoms with Crippen molar-refractivity contribution >= 4 is 28.2 Å². The van der Waals surface area contributed by atoms with Gasteiger partial charge >= 0.3 is 5.00 Å². The van der Waals surface area contributed by atoms with Crippen LogP contribution in [0.25, 0.3) is 0 Å². The van der Waals surface area contributed by atoms with E-state index in [1.807, 2.05) is 0 Å². The van der Waals surface area contributed by atoms with Crippen molar-refractivity contribution in [1.82, 2.24) is 0 Å². The van der Waals surface area contributed by atoms with Crippen molar-refractivity contribution in [3.63, 3.8) is 0 Å². The van der Waals surface area contributed by atoms with Crippen LogP contribution in [0.2, 0.25) is 0 Å². The molecule has 5 nitrogen and oxygen atoms in total. The first kappa shape index (κ1) is 11.3. The Balaban J connectivity index is 2.37. The van der Waals surface area contributed by atoms with E-state index >= 15 is 0 Å². The summed E-state index contributed by atoms with van der Waals surface area (Å²) in [7, 11) is 0. The molecule has 0 saturated heterocycles. The Bertz CT molecular complexity index is 563. The maximum atomic E-state index is 11.7. The molecule has 0 spiro atoms. The minimum absolute atomic E-state index is 0.0261. The van der Waals surface area contributed by atoms with Gasteiger partial charge in [-0.1, -0.05) is 29.5 Å². The van der Waals surface area contributed by atoms with Crippen LogP contribution in [-0.2, 0) is 0 Å². The van der Waals surface area contributed by atoms with E-state index in [1.54, 1.807) is 41.8 Å². The molecule has 1 aromatic heterocycles. The molecule has 0 aliphatic rings. The second kappa shape index (κ2) is 4.75. The Kier molecular flexibility index (Phi) is 3.15. The van der Waals surface area contributed by atoms with Gasteiger partial charge in [-0.2, -0.15) is 4.74 Å². The van der Waals surface area contributed by atoms with E-state index in [9.17, 15) is 15.3 Å². The number of rotatable bonds is 3.